The first-order valence-electron chi connectivity index (χ1n) is 9.66. The summed E-state index contributed by atoms with van der Waals surface area (Å²) >= 11 is 0. The second-order valence-electron chi connectivity index (χ2n) is 8.68. The predicted molar refractivity (Wildman–Crippen MR) is 99.0 cm³/mol. The van der Waals surface area contributed by atoms with E-state index in [1.54, 1.807) is 0 Å². The number of anilines is 1. The SMILES string of the molecule is CC1CCC(Cc2cc(N(C)C)cc(CC3CCC(C)C3)n2)C1. The second kappa shape index (κ2) is 7.23. The van der Waals surface area contributed by atoms with Gasteiger partial charge >= 0.3 is 0 Å². The number of rotatable bonds is 5. The number of nitrogens with zero attached hydrogens (tertiary/aromatic N) is 2. The van der Waals surface area contributed by atoms with Crippen molar-refractivity contribution in [3.8, 4) is 0 Å². The van der Waals surface area contributed by atoms with Crippen molar-refractivity contribution in [1.29, 1.82) is 0 Å². The summed E-state index contributed by atoms with van der Waals surface area (Å²) in [5, 5.41) is 0. The molecule has 0 radical (unpaired) electrons. The molecule has 0 N–H and O–H groups in total. The van der Waals surface area contributed by atoms with E-state index in [1.807, 2.05) is 0 Å². The Bertz CT molecular complexity index is 482. The Morgan fingerprint density at radius 2 is 1.35 bits per heavy atom. The van der Waals surface area contributed by atoms with Crippen LogP contribution in [0.5, 0.6) is 0 Å². The lowest BCUT2D eigenvalue weighted by molar-refractivity contribution is 0.497. The van der Waals surface area contributed by atoms with Gasteiger partial charge in [0.25, 0.3) is 0 Å². The van der Waals surface area contributed by atoms with E-state index in [0.29, 0.717) is 0 Å². The molecule has 23 heavy (non-hydrogen) atoms. The molecule has 4 unspecified atom stereocenters. The van der Waals surface area contributed by atoms with Gasteiger partial charge in [-0.05, 0) is 74.3 Å². The van der Waals surface area contributed by atoms with E-state index in [1.165, 1.54) is 68.4 Å². The third-order valence-corrected chi connectivity index (χ3v) is 6.04. The van der Waals surface area contributed by atoms with Gasteiger partial charge < -0.3 is 4.90 Å². The van der Waals surface area contributed by atoms with E-state index in [2.05, 4.69) is 45.0 Å². The molecule has 0 bridgehead atoms. The van der Waals surface area contributed by atoms with Crippen molar-refractivity contribution in [3.05, 3.63) is 23.5 Å². The van der Waals surface area contributed by atoms with Crippen LogP contribution in [0.25, 0.3) is 0 Å². The van der Waals surface area contributed by atoms with Crippen molar-refractivity contribution in [2.24, 2.45) is 23.7 Å². The lowest BCUT2D eigenvalue weighted by Gasteiger charge is -2.18. The van der Waals surface area contributed by atoms with Crippen LogP contribution in [-0.4, -0.2) is 19.1 Å². The van der Waals surface area contributed by atoms with E-state index < -0.39 is 0 Å². The fraction of sp³-hybridized carbons (Fsp3) is 0.762. The zero-order valence-electron chi connectivity index (χ0n) is 15.5. The van der Waals surface area contributed by atoms with Gasteiger partial charge in [0.1, 0.15) is 0 Å². The second-order valence-corrected chi connectivity index (χ2v) is 8.68. The summed E-state index contributed by atoms with van der Waals surface area (Å²) in [7, 11) is 4.30. The maximum atomic E-state index is 5.07. The van der Waals surface area contributed by atoms with Crippen LogP contribution in [0.4, 0.5) is 5.69 Å². The average molecular weight is 315 g/mol. The smallest absolute Gasteiger partial charge is 0.0430 e. The Kier molecular flexibility index (Phi) is 5.28. The number of hydrogen-bond donors (Lipinski definition) is 0. The third kappa shape index (κ3) is 4.49. The summed E-state index contributed by atoms with van der Waals surface area (Å²) in [6.45, 7) is 4.80. The maximum absolute atomic E-state index is 5.07. The molecule has 3 rings (SSSR count). The Morgan fingerprint density at radius 3 is 1.70 bits per heavy atom. The van der Waals surface area contributed by atoms with Crippen LogP contribution < -0.4 is 4.90 Å². The van der Waals surface area contributed by atoms with Crippen molar-refractivity contribution in [1.82, 2.24) is 4.98 Å². The lowest BCUT2D eigenvalue weighted by Crippen LogP contribution is -2.13. The van der Waals surface area contributed by atoms with E-state index >= 15 is 0 Å². The highest BCUT2D eigenvalue weighted by atomic mass is 15.1. The zero-order chi connectivity index (χ0) is 16.4. The van der Waals surface area contributed by atoms with Crippen molar-refractivity contribution in [2.75, 3.05) is 19.0 Å². The van der Waals surface area contributed by atoms with Gasteiger partial charge in [0.05, 0.1) is 0 Å². The van der Waals surface area contributed by atoms with Crippen molar-refractivity contribution in [3.63, 3.8) is 0 Å². The molecule has 0 aromatic carbocycles. The van der Waals surface area contributed by atoms with Crippen LogP contribution in [0.3, 0.4) is 0 Å². The van der Waals surface area contributed by atoms with Crippen LogP contribution in [0, 0.1) is 23.7 Å². The maximum Gasteiger partial charge on any atom is 0.0430 e. The molecular weight excluding hydrogens is 280 g/mol. The van der Waals surface area contributed by atoms with Gasteiger partial charge in [-0.1, -0.05) is 26.7 Å². The molecule has 2 aliphatic carbocycles. The minimum absolute atomic E-state index is 0.856. The lowest BCUT2D eigenvalue weighted by atomic mass is 9.97. The largest absolute Gasteiger partial charge is 0.378 e. The van der Waals surface area contributed by atoms with E-state index in [-0.39, 0.29) is 0 Å². The van der Waals surface area contributed by atoms with Gasteiger partial charge in [0.2, 0.25) is 0 Å². The first-order chi connectivity index (χ1) is 11.0. The molecular formula is C21H34N2. The zero-order valence-corrected chi connectivity index (χ0v) is 15.5. The number of hydrogen-bond acceptors (Lipinski definition) is 2. The average Bonchev–Trinajstić information content (AvgIpc) is 3.07. The minimum atomic E-state index is 0.856. The molecule has 2 saturated carbocycles. The summed E-state index contributed by atoms with van der Waals surface area (Å²) in [5.41, 5.74) is 4.00. The summed E-state index contributed by atoms with van der Waals surface area (Å²) < 4.78 is 0. The predicted octanol–water partition coefficient (Wildman–Crippen LogP) is 5.11. The molecule has 1 aromatic heterocycles. The molecule has 4 atom stereocenters. The minimum Gasteiger partial charge on any atom is -0.378 e. The Hall–Kier alpha value is -1.05. The Labute approximate surface area is 142 Å². The molecule has 0 aliphatic heterocycles. The number of pyridine rings is 1. The highest BCUT2D eigenvalue weighted by Crippen LogP contribution is 2.35. The van der Waals surface area contributed by atoms with Crippen LogP contribution in [0.15, 0.2) is 12.1 Å². The number of aromatic nitrogens is 1. The van der Waals surface area contributed by atoms with E-state index in [4.69, 9.17) is 4.98 Å². The van der Waals surface area contributed by atoms with Crippen LogP contribution >= 0.6 is 0 Å². The van der Waals surface area contributed by atoms with Crippen LogP contribution in [0.2, 0.25) is 0 Å². The van der Waals surface area contributed by atoms with Crippen LogP contribution in [-0.2, 0) is 12.8 Å². The van der Waals surface area contributed by atoms with Crippen molar-refractivity contribution in [2.45, 2.75) is 65.2 Å². The Morgan fingerprint density at radius 1 is 0.870 bits per heavy atom. The quantitative estimate of drug-likeness (QED) is 0.751. The summed E-state index contributed by atoms with van der Waals surface area (Å²) in [5.74, 6) is 3.54. The third-order valence-electron chi connectivity index (χ3n) is 6.04. The molecule has 0 saturated heterocycles. The van der Waals surface area contributed by atoms with Crippen molar-refractivity contribution >= 4 is 5.69 Å². The van der Waals surface area contributed by atoms with Crippen LogP contribution in [0.1, 0.15) is 63.8 Å². The van der Waals surface area contributed by atoms with E-state index in [9.17, 15) is 0 Å². The van der Waals surface area contributed by atoms with Gasteiger partial charge in [-0.2, -0.15) is 0 Å². The summed E-state index contributed by atoms with van der Waals surface area (Å²) in [6.07, 6.45) is 10.7. The van der Waals surface area contributed by atoms with Gasteiger partial charge in [0.15, 0.2) is 0 Å². The fourth-order valence-corrected chi connectivity index (χ4v) is 4.71. The van der Waals surface area contributed by atoms with E-state index in [0.717, 1.165) is 23.7 Å². The fourth-order valence-electron chi connectivity index (χ4n) is 4.71. The van der Waals surface area contributed by atoms with Gasteiger partial charge in [-0.25, -0.2) is 0 Å². The highest BCUT2D eigenvalue weighted by Gasteiger charge is 2.24. The van der Waals surface area contributed by atoms with Gasteiger partial charge in [-0.15, -0.1) is 0 Å². The normalized spacial score (nSPS) is 30.8. The molecule has 1 aromatic rings. The molecule has 128 valence electrons. The molecule has 2 heteroatoms. The molecule has 1 heterocycles. The first-order valence-corrected chi connectivity index (χ1v) is 9.66. The van der Waals surface area contributed by atoms with Gasteiger partial charge in [0, 0.05) is 31.2 Å². The van der Waals surface area contributed by atoms with Crippen molar-refractivity contribution < 1.29 is 0 Å². The standard InChI is InChI=1S/C21H34N2/c1-15-5-7-17(9-15)11-19-13-21(23(3)4)14-20(22-19)12-18-8-6-16(2)10-18/h13-18H,5-12H2,1-4H3. The highest BCUT2D eigenvalue weighted by molar-refractivity contribution is 5.47. The summed E-state index contributed by atoms with van der Waals surface area (Å²) in [6, 6.07) is 4.65. The summed E-state index contributed by atoms with van der Waals surface area (Å²) in [4.78, 5) is 7.31. The molecule has 2 aliphatic rings. The topological polar surface area (TPSA) is 16.1 Å². The molecule has 0 amide bonds. The monoisotopic (exact) mass is 314 g/mol. The first kappa shape index (κ1) is 16.8. The Balaban J connectivity index is 1.73. The molecule has 2 fully saturated rings. The molecule has 2 nitrogen and oxygen atoms in total. The van der Waals surface area contributed by atoms with Gasteiger partial charge in [-0.3, -0.25) is 4.98 Å². The molecule has 0 spiro atoms.